The van der Waals surface area contributed by atoms with Crippen molar-refractivity contribution >= 4 is 44.9 Å². The van der Waals surface area contributed by atoms with E-state index in [-0.39, 0.29) is 10.5 Å². The first kappa shape index (κ1) is 23.0. The van der Waals surface area contributed by atoms with Gasteiger partial charge in [0.25, 0.3) is 0 Å². The number of halogens is 1. The zero-order chi connectivity index (χ0) is 22.6. The smallest absolute Gasteiger partial charge is 0.238 e. The van der Waals surface area contributed by atoms with Crippen LogP contribution in [0.2, 0.25) is 5.02 Å². The molecule has 1 heterocycles. The molecule has 7 nitrogen and oxygen atoms in total. The average Bonchev–Trinajstić information content (AvgIpc) is 2.72. The van der Waals surface area contributed by atoms with Crippen molar-refractivity contribution in [2.24, 2.45) is 11.1 Å². The van der Waals surface area contributed by atoms with Crippen LogP contribution < -0.4 is 10.5 Å². The fourth-order valence-corrected chi connectivity index (χ4v) is 4.06. The summed E-state index contributed by atoms with van der Waals surface area (Å²) in [6.07, 6.45) is 0. The molecule has 10 heteroatoms. The van der Waals surface area contributed by atoms with E-state index in [0.717, 1.165) is 11.3 Å². The zero-order valence-corrected chi connectivity index (χ0v) is 19.2. The Bertz CT molecular complexity index is 1220. The van der Waals surface area contributed by atoms with Gasteiger partial charge in [-0.2, -0.15) is 5.26 Å². The third-order valence-electron chi connectivity index (χ3n) is 4.11. The fraction of sp³-hybridized carbons (Fsp3) is 0.190. The number of hydrogen-bond donors (Lipinski definition) is 2. The van der Waals surface area contributed by atoms with Crippen LogP contribution in [-0.4, -0.2) is 24.1 Å². The van der Waals surface area contributed by atoms with Crippen LogP contribution in [0.1, 0.15) is 19.4 Å². The van der Waals surface area contributed by atoms with Gasteiger partial charge in [-0.05, 0) is 42.3 Å². The molecule has 0 spiro atoms. The Balaban J connectivity index is 2.06. The number of nitrogens with two attached hydrogens (primary N) is 1. The minimum atomic E-state index is -3.79. The van der Waals surface area contributed by atoms with E-state index in [9.17, 15) is 13.7 Å². The maximum absolute atomic E-state index is 11.5. The number of rotatable bonds is 7. The van der Waals surface area contributed by atoms with Crippen molar-refractivity contribution in [3.8, 4) is 17.3 Å². The van der Waals surface area contributed by atoms with Crippen LogP contribution in [0.4, 0.5) is 11.5 Å². The van der Waals surface area contributed by atoms with Crippen molar-refractivity contribution < 1.29 is 8.42 Å². The van der Waals surface area contributed by atoms with Crippen LogP contribution in [0.3, 0.4) is 0 Å². The molecule has 0 unspecified atom stereocenters. The van der Waals surface area contributed by atoms with Gasteiger partial charge >= 0.3 is 0 Å². The molecule has 3 N–H and O–H groups in total. The van der Waals surface area contributed by atoms with Gasteiger partial charge in [0.1, 0.15) is 11.6 Å². The minimum Gasteiger partial charge on any atom is -0.339 e. The van der Waals surface area contributed by atoms with Crippen molar-refractivity contribution in [1.29, 1.82) is 5.26 Å². The summed E-state index contributed by atoms with van der Waals surface area (Å²) in [5.41, 5.74) is 2.06. The number of benzene rings is 2. The Hall–Kier alpha value is -2.64. The van der Waals surface area contributed by atoms with E-state index in [1.54, 1.807) is 36.4 Å². The molecular formula is C21H20ClN5O2S2. The molecule has 3 rings (SSSR count). The molecule has 0 saturated heterocycles. The van der Waals surface area contributed by atoms with Gasteiger partial charge < -0.3 is 5.32 Å². The second kappa shape index (κ2) is 9.66. The molecule has 0 radical (unpaired) electrons. The maximum Gasteiger partial charge on any atom is 0.238 e. The van der Waals surface area contributed by atoms with Gasteiger partial charge in [-0.3, -0.25) is 0 Å². The molecule has 0 aliphatic rings. The van der Waals surface area contributed by atoms with Crippen molar-refractivity contribution in [3.63, 3.8) is 0 Å². The third-order valence-corrected chi connectivity index (χ3v) is 6.56. The van der Waals surface area contributed by atoms with E-state index in [1.807, 2.05) is 0 Å². The van der Waals surface area contributed by atoms with E-state index in [1.165, 1.54) is 23.9 Å². The molecular weight excluding hydrogens is 454 g/mol. The summed E-state index contributed by atoms with van der Waals surface area (Å²) in [4.78, 5) is 9.15. The van der Waals surface area contributed by atoms with Crippen LogP contribution in [-0.2, 0) is 10.0 Å². The number of nitrogens with zero attached hydrogens (tertiary/aromatic N) is 3. The van der Waals surface area contributed by atoms with Gasteiger partial charge in [-0.1, -0.05) is 49.3 Å². The predicted molar refractivity (Wildman–Crippen MR) is 124 cm³/mol. The van der Waals surface area contributed by atoms with Gasteiger partial charge in [0.05, 0.1) is 10.6 Å². The highest BCUT2D eigenvalue weighted by atomic mass is 35.5. The van der Waals surface area contributed by atoms with E-state index < -0.39 is 10.0 Å². The maximum atomic E-state index is 11.5. The van der Waals surface area contributed by atoms with Crippen LogP contribution in [0.25, 0.3) is 11.3 Å². The molecule has 0 bridgehead atoms. The quantitative estimate of drug-likeness (QED) is 0.373. The first-order valence-electron chi connectivity index (χ1n) is 9.28. The van der Waals surface area contributed by atoms with E-state index in [4.69, 9.17) is 16.7 Å². The highest BCUT2D eigenvalue weighted by Gasteiger charge is 2.17. The lowest BCUT2D eigenvalue weighted by molar-refractivity contribution is 0.598. The molecule has 160 valence electrons. The summed E-state index contributed by atoms with van der Waals surface area (Å²) in [5, 5.41) is 19.2. The number of sulfonamides is 1. The van der Waals surface area contributed by atoms with E-state index in [0.29, 0.717) is 33.3 Å². The molecule has 0 saturated carbocycles. The first-order chi connectivity index (χ1) is 14.7. The van der Waals surface area contributed by atoms with Crippen LogP contribution in [0, 0.1) is 17.2 Å². The van der Waals surface area contributed by atoms with Crippen molar-refractivity contribution in [2.45, 2.75) is 23.9 Å². The number of anilines is 2. The van der Waals surface area contributed by atoms with Gasteiger partial charge in [0.15, 0.2) is 11.0 Å². The lowest BCUT2D eigenvalue weighted by Crippen LogP contribution is -2.12. The second-order valence-electron chi connectivity index (χ2n) is 7.10. The SMILES string of the molecule is CC(C)CSc1nc(Nc2ccc(S(N)(=O)=O)cc2)c(C#N)c(-c2ccc(Cl)cc2)n1. The summed E-state index contributed by atoms with van der Waals surface area (Å²) in [6.45, 7) is 4.20. The zero-order valence-electron chi connectivity index (χ0n) is 16.8. The Morgan fingerprint density at radius 3 is 2.32 bits per heavy atom. The highest BCUT2D eigenvalue weighted by Crippen LogP contribution is 2.31. The summed E-state index contributed by atoms with van der Waals surface area (Å²) in [7, 11) is -3.79. The molecule has 0 atom stereocenters. The third kappa shape index (κ3) is 5.95. The molecule has 0 aliphatic carbocycles. The number of nitrogens with one attached hydrogen (secondary N) is 1. The van der Waals surface area contributed by atoms with Crippen molar-refractivity contribution in [2.75, 3.05) is 11.1 Å². The van der Waals surface area contributed by atoms with E-state index in [2.05, 4.69) is 35.2 Å². The number of primary sulfonamides is 1. The van der Waals surface area contributed by atoms with Crippen LogP contribution >= 0.6 is 23.4 Å². The Morgan fingerprint density at radius 2 is 1.77 bits per heavy atom. The van der Waals surface area contributed by atoms with Gasteiger partial charge in [0.2, 0.25) is 10.0 Å². The number of nitriles is 1. The molecule has 31 heavy (non-hydrogen) atoms. The Labute approximate surface area is 190 Å². The minimum absolute atomic E-state index is 0.00345. The normalized spacial score (nSPS) is 11.4. The van der Waals surface area contributed by atoms with Gasteiger partial charge in [0, 0.05) is 22.0 Å². The number of thioether (sulfide) groups is 1. The van der Waals surface area contributed by atoms with E-state index >= 15 is 0 Å². The molecule has 2 aromatic carbocycles. The predicted octanol–water partition coefficient (Wildman–Crippen LogP) is 4.81. The monoisotopic (exact) mass is 473 g/mol. The standard InChI is InChI=1S/C21H20ClN5O2S2/c1-13(2)12-30-21-26-19(14-3-5-15(22)6-4-14)18(11-23)20(27-21)25-16-7-9-17(10-8-16)31(24,28)29/h3-10,13H,12H2,1-2H3,(H2,24,28,29)(H,25,26,27). The summed E-state index contributed by atoms with van der Waals surface area (Å²) >= 11 is 7.50. The highest BCUT2D eigenvalue weighted by molar-refractivity contribution is 7.99. The van der Waals surface area contributed by atoms with Crippen molar-refractivity contribution in [1.82, 2.24) is 9.97 Å². The summed E-state index contributed by atoms with van der Waals surface area (Å²) in [5.74, 6) is 1.58. The first-order valence-corrected chi connectivity index (χ1v) is 12.2. The summed E-state index contributed by atoms with van der Waals surface area (Å²) < 4.78 is 23.0. The lowest BCUT2D eigenvalue weighted by atomic mass is 10.1. The molecule has 0 aliphatic heterocycles. The molecule has 1 aromatic heterocycles. The van der Waals surface area contributed by atoms with Gasteiger partial charge in [-0.25, -0.2) is 23.5 Å². The number of aromatic nitrogens is 2. The Kier molecular flexibility index (Phi) is 7.18. The largest absolute Gasteiger partial charge is 0.339 e. The van der Waals surface area contributed by atoms with Crippen LogP contribution in [0.5, 0.6) is 0 Å². The van der Waals surface area contributed by atoms with Gasteiger partial charge in [-0.15, -0.1) is 0 Å². The molecule has 0 amide bonds. The Morgan fingerprint density at radius 1 is 1.13 bits per heavy atom. The fourth-order valence-electron chi connectivity index (χ4n) is 2.62. The molecule has 3 aromatic rings. The van der Waals surface area contributed by atoms with Crippen LogP contribution in [0.15, 0.2) is 58.6 Å². The van der Waals surface area contributed by atoms with Crippen molar-refractivity contribution in [3.05, 3.63) is 59.1 Å². The second-order valence-corrected chi connectivity index (χ2v) is 10.1. The summed E-state index contributed by atoms with van der Waals surface area (Å²) in [6, 6.07) is 15.1. The average molecular weight is 474 g/mol. The topological polar surface area (TPSA) is 122 Å². The molecule has 0 fully saturated rings. The lowest BCUT2D eigenvalue weighted by Gasteiger charge is -2.13. The number of hydrogen-bond acceptors (Lipinski definition) is 7.